The van der Waals surface area contributed by atoms with Crippen molar-refractivity contribution in [2.45, 2.75) is 19.8 Å². The number of benzene rings is 1. The average Bonchev–Trinajstić information content (AvgIpc) is 2.39. The van der Waals surface area contributed by atoms with E-state index in [0.29, 0.717) is 24.3 Å². The third kappa shape index (κ3) is 5.52. The number of hydrogen-bond acceptors (Lipinski definition) is 5. The van der Waals surface area contributed by atoms with Crippen LogP contribution < -0.4 is 5.32 Å². The van der Waals surface area contributed by atoms with Crippen molar-refractivity contribution in [1.29, 1.82) is 0 Å². The summed E-state index contributed by atoms with van der Waals surface area (Å²) in [6.07, 6.45) is 0.847. The smallest absolute Gasteiger partial charge is 0.283 e. The summed E-state index contributed by atoms with van der Waals surface area (Å²) in [5.41, 5.74) is 0.462. The monoisotopic (exact) mass is 282 g/mol. The average molecular weight is 282 g/mol. The fraction of sp³-hybridized carbons (Fsp3) is 0.333. The largest absolute Gasteiger partial charge is 0.317 e. The van der Waals surface area contributed by atoms with Gasteiger partial charge in [0.1, 0.15) is 5.78 Å². The van der Waals surface area contributed by atoms with E-state index in [2.05, 4.69) is 5.32 Å². The van der Waals surface area contributed by atoms with Crippen LogP contribution in [0, 0.1) is 10.1 Å². The summed E-state index contributed by atoms with van der Waals surface area (Å²) in [6, 6.07) is 5.57. The first-order valence-electron chi connectivity index (χ1n) is 5.73. The predicted octanol–water partition coefficient (Wildman–Crippen LogP) is 3.23. The summed E-state index contributed by atoms with van der Waals surface area (Å²) in [5.74, 6) is 0.557. The molecular weight excluding hydrogens is 268 g/mol. The molecule has 1 aromatic carbocycles. The lowest BCUT2D eigenvalue weighted by Gasteiger charge is -2.03. The molecule has 0 unspecified atom stereocenters. The number of ketones is 1. The lowest BCUT2D eigenvalue weighted by molar-refractivity contribution is -0.384. The number of rotatable bonds is 6. The van der Waals surface area contributed by atoms with E-state index in [0.717, 1.165) is 11.8 Å². The van der Waals surface area contributed by atoms with Gasteiger partial charge in [-0.2, -0.15) is 0 Å². The van der Waals surface area contributed by atoms with Crippen LogP contribution in [0.1, 0.15) is 19.8 Å². The maximum absolute atomic E-state index is 11.5. The first-order chi connectivity index (χ1) is 9.02. The van der Waals surface area contributed by atoms with Gasteiger partial charge in [-0.1, -0.05) is 18.7 Å². The van der Waals surface area contributed by atoms with Crippen molar-refractivity contribution in [1.82, 2.24) is 0 Å². The van der Waals surface area contributed by atoms with Crippen molar-refractivity contribution < 1.29 is 14.5 Å². The summed E-state index contributed by atoms with van der Waals surface area (Å²) in [6.45, 7) is 1.78. The molecular formula is C12H14N2O4S. The molecule has 19 heavy (non-hydrogen) atoms. The standard InChI is InChI=1S/C12H14N2O4S/c1-2-11(15)7-8-19-12(16)13-9-3-5-10(6-4-9)14(17)18/h3-6H,2,7-8H2,1H3,(H,13,16). The highest BCUT2D eigenvalue weighted by Gasteiger charge is 2.07. The molecule has 0 fully saturated rings. The van der Waals surface area contributed by atoms with E-state index in [-0.39, 0.29) is 16.7 Å². The molecule has 0 saturated heterocycles. The van der Waals surface area contributed by atoms with Gasteiger partial charge in [-0.05, 0) is 12.1 Å². The van der Waals surface area contributed by atoms with Crippen LogP contribution in [0.15, 0.2) is 24.3 Å². The number of Topliss-reactive ketones (excluding diaryl/α,β-unsaturated/α-hetero) is 1. The second kappa shape index (κ2) is 7.52. The molecule has 0 atom stereocenters. The zero-order chi connectivity index (χ0) is 14.3. The van der Waals surface area contributed by atoms with Crippen LogP contribution in [0.4, 0.5) is 16.2 Å². The Bertz CT molecular complexity index is 473. The van der Waals surface area contributed by atoms with Gasteiger partial charge in [0.2, 0.25) is 0 Å². The summed E-state index contributed by atoms with van der Waals surface area (Å²) < 4.78 is 0. The van der Waals surface area contributed by atoms with E-state index in [1.54, 1.807) is 6.92 Å². The van der Waals surface area contributed by atoms with Crippen molar-refractivity contribution in [2.75, 3.05) is 11.1 Å². The number of nitro groups is 1. The van der Waals surface area contributed by atoms with E-state index in [4.69, 9.17) is 0 Å². The van der Waals surface area contributed by atoms with Crippen LogP contribution in [-0.4, -0.2) is 21.7 Å². The Hall–Kier alpha value is -1.89. The minimum absolute atomic E-state index is 0.0285. The zero-order valence-corrected chi connectivity index (χ0v) is 11.2. The molecule has 0 heterocycles. The molecule has 0 aromatic heterocycles. The molecule has 6 nitrogen and oxygen atoms in total. The number of hydrogen-bond donors (Lipinski definition) is 1. The Morgan fingerprint density at radius 2 is 1.95 bits per heavy atom. The number of non-ortho nitro benzene ring substituents is 1. The predicted molar refractivity (Wildman–Crippen MR) is 74.5 cm³/mol. The van der Waals surface area contributed by atoms with Gasteiger partial charge in [0.15, 0.2) is 0 Å². The molecule has 0 aliphatic rings. The second-order valence-electron chi connectivity index (χ2n) is 3.71. The quantitative estimate of drug-likeness (QED) is 0.639. The van der Waals surface area contributed by atoms with E-state index >= 15 is 0 Å². The summed E-state index contributed by atoms with van der Waals surface area (Å²) >= 11 is 1.02. The minimum Gasteiger partial charge on any atom is -0.317 e. The van der Waals surface area contributed by atoms with Crippen LogP contribution in [0.3, 0.4) is 0 Å². The van der Waals surface area contributed by atoms with Crippen molar-refractivity contribution in [3.05, 3.63) is 34.4 Å². The van der Waals surface area contributed by atoms with Crippen LogP contribution in [-0.2, 0) is 4.79 Å². The SMILES string of the molecule is CCC(=O)CCSC(=O)Nc1ccc([N+](=O)[O-])cc1. The Morgan fingerprint density at radius 1 is 1.32 bits per heavy atom. The Kier molecular flexibility index (Phi) is 6.01. The normalized spacial score (nSPS) is 9.95. The zero-order valence-electron chi connectivity index (χ0n) is 10.4. The third-order valence-electron chi connectivity index (χ3n) is 2.33. The molecule has 0 saturated carbocycles. The van der Waals surface area contributed by atoms with Crippen LogP contribution in [0.25, 0.3) is 0 Å². The van der Waals surface area contributed by atoms with Gasteiger partial charge in [-0.3, -0.25) is 19.7 Å². The Labute approximate surface area is 114 Å². The summed E-state index contributed by atoms with van der Waals surface area (Å²) in [4.78, 5) is 32.5. The van der Waals surface area contributed by atoms with Gasteiger partial charge < -0.3 is 5.32 Å². The van der Waals surface area contributed by atoms with Gasteiger partial charge in [-0.25, -0.2) is 0 Å². The number of amides is 1. The lowest BCUT2D eigenvalue weighted by Crippen LogP contribution is -2.07. The molecule has 0 aliphatic carbocycles. The molecule has 7 heteroatoms. The maximum Gasteiger partial charge on any atom is 0.283 e. The van der Waals surface area contributed by atoms with E-state index in [1.165, 1.54) is 24.3 Å². The lowest BCUT2D eigenvalue weighted by atomic mass is 10.2. The van der Waals surface area contributed by atoms with Gasteiger partial charge in [0.25, 0.3) is 10.9 Å². The molecule has 0 radical (unpaired) electrons. The van der Waals surface area contributed by atoms with Crippen molar-refractivity contribution >= 4 is 34.2 Å². The number of nitrogens with zero attached hydrogens (tertiary/aromatic N) is 1. The molecule has 1 N–H and O–H groups in total. The van der Waals surface area contributed by atoms with E-state index < -0.39 is 4.92 Å². The van der Waals surface area contributed by atoms with Crippen molar-refractivity contribution in [3.63, 3.8) is 0 Å². The van der Waals surface area contributed by atoms with Gasteiger partial charge in [-0.15, -0.1) is 0 Å². The molecule has 1 amide bonds. The fourth-order valence-corrected chi connectivity index (χ4v) is 1.96. The summed E-state index contributed by atoms with van der Waals surface area (Å²) in [5, 5.41) is 12.8. The number of carbonyl (C=O) groups is 2. The van der Waals surface area contributed by atoms with Crippen LogP contribution in [0.2, 0.25) is 0 Å². The minimum atomic E-state index is -0.503. The topological polar surface area (TPSA) is 89.3 Å². The van der Waals surface area contributed by atoms with Gasteiger partial charge in [0, 0.05) is 36.4 Å². The van der Waals surface area contributed by atoms with Crippen molar-refractivity contribution in [3.8, 4) is 0 Å². The summed E-state index contributed by atoms with van der Waals surface area (Å²) in [7, 11) is 0. The highest BCUT2D eigenvalue weighted by atomic mass is 32.2. The van der Waals surface area contributed by atoms with Crippen molar-refractivity contribution in [2.24, 2.45) is 0 Å². The maximum atomic E-state index is 11.5. The molecule has 0 bridgehead atoms. The Balaban J connectivity index is 2.40. The Morgan fingerprint density at radius 3 is 2.47 bits per heavy atom. The number of anilines is 1. The highest BCUT2D eigenvalue weighted by molar-refractivity contribution is 8.13. The first-order valence-corrected chi connectivity index (χ1v) is 6.71. The van der Waals surface area contributed by atoms with Gasteiger partial charge >= 0.3 is 0 Å². The third-order valence-corrected chi connectivity index (χ3v) is 3.11. The number of carbonyl (C=O) groups excluding carboxylic acids is 2. The number of thioether (sulfide) groups is 1. The van der Waals surface area contributed by atoms with Crippen LogP contribution in [0.5, 0.6) is 0 Å². The molecule has 1 rings (SSSR count). The van der Waals surface area contributed by atoms with E-state index in [9.17, 15) is 19.7 Å². The molecule has 0 spiro atoms. The second-order valence-corrected chi connectivity index (χ2v) is 4.77. The fourth-order valence-electron chi connectivity index (χ4n) is 1.25. The number of nitrogens with one attached hydrogen (secondary N) is 1. The highest BCUT2D eigenvalue weighted by Crippen LogP contribution is 2.17. The van der Waals surface area contributed by atoms with E-state index in [1.807, 2.05) is 0 Å². The molecule has 1 aromatic rings. The molecule has 102 valence electrons. The van der Waals surface area contributed by atoms with Crippen LogP contribution >= 0.6 is 11.8 Å². The number of nitro benzene ring substituents is 1. The molecule has 0 aliphatic heterocycles. The van der Waals surface area contributed by atoms with Gasteiger partial charge in [0.05, 0.1) is 4.92 Å². The first kappa shape index (κ1) is 15.2.